The van der Waals surface area contributed by atoms with Crippen molar-refractivity contribution in [3.05, 3.63) is 29.8 Å². The van der Waals surface area contributed by atoms with Gasteiger partial charge in [-0.25, -0.2) is 0 Å². The number of aliphatic carboxylic acids is 1. The molecule has 3 rings (SSSR count). The number of ether oxygens (including phenoxy) is 2. The van der Waals surface area contributed by atoms with Gasteiger partial charge in [0.1, 0.15) is 5.75 Å². The molecule has 6 heteroatoms. The van der Waals surface area contributed by atoms with Gasteiger partial charge in [0, 0.05) is 32.0 Å². The largest absolute Gasteiger partial charge is 0.494 e. The lowest BCUT2D eigenvalue weighted by Crippen LogP contribution is -2.45. The lowest BCUT2D eigenvalue weighted by molar-refractivity contribution is -0.157. The number of fused-ring (bicyclic) bond motifs is 1. The van der Waals surface area contributed by atoms with Gasteiger partial charge in [0.25, 0.3) is 0 Å². The zero-order valence-electron chi connectivity index (χ0n) is 15.3. The van der Waals surface area contributed by atoms with Gasteiger partial charge in [0.2, 0.25) is 5.91 Å². The molecule has 2 aliphatic rings. The van der Waals surface area contributed by atoms with E-state index < -0.39 is 11.4 Å². The molecule has 1 aromatic carbocycles. The van der Waals surface area contributed by atoms with E-state index in [9.17, 15) is 14.7 Å². The molecule has 0 unspecified atom stereocenters. The van der Waals surface area contributed by atoms with Crippen LogP contribution in [0, 0.1) is 18.3 Å². The number of unbranched alkanes of at least 4 members (excludes halogenated alkanes) is 1. The summed E-state index contributed by atoms with van der Waals surface area (Å²) in [5, 5.41) is 9.66. The third kappa shape index (κ3) is 4.01. The zero-order chi connectivity index (χ0) is 18.6. The monoisotopic (exact) mass is 361 g/mol. The van der Waals surface area contributed by atoms with E-state index in [2.05, 4.69) is 0 Å². The lowest BCUT2D eigenvalue weighted by Gasteiger charge is -2.33. The van der Waals surface area contributed by atoms with E-state index in [1.54, 1.807) is 4.90 Å². The normalized spacial score (nSPS) is 25.0. The Morgan fingerprint density at radius 1 is 1.38 bits per heavy atom. The van der Waals surface area contributed by atoms with Crippen LogP contribution in [-0.4, -0.2) is 54.8 Å². The predicted molar refractivity (Wildman–Crippen MR) is 96.1 cm³/mol. The van der Waals surface area contributed by atoms with E-state index >= 15 is 0 Å². The van der Waals surface area contributed by atoms with E-state index in [1.165, 1.54) is 0 Å². The maximum Gasteiger partial charge on any atom is 0.311 e. The number of benzene rings is 1. The van der Waals surface area contributed by atoms with Crippen LogP contribution in [0.25, 0.3) is 0 Å². The molecule has 2 heterocycles. The van der Waals surface area contributed by atoms with Crippen LogP contribution in [0.5, 0.6) is 5.75 Å². The third-order valence-corrected chi connectivity index (χ3v) is 5.53. The van der Waals surface area contributed by atoms with Crippen LogP contribution in [0.15, 0.2) is 24.3 Å². The van der Waals surface area contributed by atoms with Gasteiger partial charge in [-0.1, -0.05) is 12.1 Å². The molecule has 1 amide bonds. The molecule has 0 aliphatic carbocycles. The number of carbonyl (C=O) groups excluding carboxylic acids is 1. The molecular weight excluding hydrogens is 334 g/mol. The first-order valence-corrected chi connectivity index (χ1v) is 9.30. The molecule has 26 heavy (non-hydrogen) atoms. The highest BCUT2D eigenvalue weighted by molar-refractivity contribution is 5.81. The topological polar surface area (TPSA) is 76.1 Å². The van der Waals surface area contributed by atoms with Gasteiger partial charge in [-0.05, 0) is 43.9 Å². The second kappa shape index (κ2) is 8.08. The van der Waals surface area contributed by atoms with E-state index in [0.717, 1.165) is 24.2 Å². The molecule has 0 aromatic heterocycles. The minimum Gasteiger partial charge on any atom is -0.494 e. The summed E-state index contributed by atoms with van der Waals surface area (Å²) in [5.74, 6) is -0.00562. The number of nitrogens with zero attached hydrogens (tertiary/aromatic N) is 1. The standard InChI is InChI=1S/C20H27NO5/c1-15-5-4-6-17(11-15)26-9-3-2-7-18(22)21-12-16-13-25-10-8-20(16,14-21)19(23)24/h4-6,11,16H,2-3,7-10,12-14H2,1H3,(H,23,24)/t16-,20+/m0/s1. The average Bonchev–Trinajstić information content (AvgIpc) is 3.02. The maximum absolute atomic E-state index is 12.5. The minimum absolute atomic E-state index is 0.0376. The summed E-state index contributed by atoms with van der Waals surface area (Å²) in [4.78, 5) is 26.0. The van der Waals surface area contributed by atoms with Gasteiger partial charge in [-0.15, -0.1) is 0 Å². The highest BCUT2D eigenvalue weighted by Gasteiger charge is 2.54. The van der Waals surface area contributed by atoms with Crippen molar-refractivity contribution < 1.29 is 24.2 Å². The fourth-order valence-electron chi connectivity index (χ4n) is 3.92. The van der Waals surface area contributed by atoms with Gasteiger partial charge >= 0.3 is 5.97 Å². The fraction of sp³-hybridized carbons (Fsp3) is 0.600. The molecule has 0 bridgehead atoms. The van der Waals surface area contributed by atoms with Gasteiger partial charge in [0.05, 0.1) is 18.6 Å². The second-order valence-corrected chi connectivity index (χ2v) is 7.38. The van der Waals surface area contributed by atoms with Crippen LogP contribution in [-0.2, 0) is 14.3 Å². The Labute approximate surface area is 154 Å². The summed E-state index contributed by atoms with van der Waals surface area (Å²) in [6.07, 6.45) is 2.45. The summed E-state index contributed by atoms with van der Waals surface area (Å²) < 4.78 is 11.1. The third-order valence-electron chi connectivity index (χ3n) is 5.53. The molecule has 142 valence electrons. The van der Waals surface area contributed by atoms with Crippen molar-refractivity contribution >= 4 is 11.9 Å². The Morgan fingerprint density at radius 3 is 2.96 bits per heavy atom. The van der Waals surface area contributed by atoms with Crippen LogP contribution in [0.4, 0.5) is 0 Å². The first kappa shape index (κ1) is 18.7. The Hall–Kier alpha value is -2.08. The Morgan fingerprint density at radius 2 is 2.23 bits per heavy atom. The molecule has 6 nitrogen and oxygen atoms in total. The van der Waals surface area contributed by atoms with Crippen molar-refractivity contribution in [2.75, 3.05) is 32.9 Å². The highest BCUT2D eigenvalue weighted by Crippen LogP contribution is 2.42. The maximum atomic E-state index is 12.5. The summed E-state index contributed by atoms with van der Waals surface area (Å²) in [6, 6.07) is 7.90. The van der Waals surface area contributed by atoms with E-state index in [0.29, 0.717) is 45.8 Å². The number of hydrogen-bond donors (Lipinski definition) is 1. The van der Waals surface area contributed by atoms with Gasteiger partial charge in [0.15, 0.2) is 0 Å². The summed E-state index contributed by atoms with van der Waals surface area (Å²) in [6.45, 7) is 4.29. The van der Waals surface area contributed by atoms with Crippen molar-refractivity contribution in [3.8, 4) is 5.75 Å². The van der Waals surface area contributed by atoms with Crippen LogP contribution in [0.2, 0.25) is 0 Å². The van der Waals surface area contributed by atoms with Crippen LogP contribution in [0.3, 0.4) is 0 Å². The Balaban J connectivity index is 1.42. The number of carboxylic acid groups (broad SMARTS) is 1. The van der Waals surface area contributed by atoms with E-state index in [1.807, 2.05) is 31.2 Å². The fourth-order valence-corrected chi connectivity index (χ4v) is 3.92. The molecule has 2 fully saturated rings. The number of aryl methyl sites for hydroxylation is 1. The van der Waals surface area contributed by atoms with Crippen molar-refractivity contribution in [3.63, 3.8) is 0 Å². The molecule has 0 radical (unpaired) electrons. The predicted octanol–water partition coefficient (Wildman–Crippen LogP) is 2.49. The van der Waals surface area contributed by atoms with E-state index in [-0.39, 0.29) is 11.8 Å². The van der Waals surface area contributed by atoms with Gasteiger partial charge < -0.3 is 19.5 Å². The highest BCUT2D eigenvalue weighted by atomic mass is 16.5. The Bertz CT molecular complexity index is 661. The quantitative estimate of drug-likeness (QED) is 0.755. The van der Waals surface area contributed by atoms with Crippen LogP contribution in [0.1, 0.15) is 31.2 Å². The minimum atomic E-state index is -0.817. The average molecular weight is 361 g/mol. The number of carboxylic acids is 1. The summed E-state index contributed by atoms with van der Waals surface area (Å²) in [5.41, 5.74) is 0.340. The smallest absolute Gasteiger partial charge is 0.311 e. The molecule has 0 spiro atoms. The molecule has 2 atom stereocenters. The van der Waals surface area contributed by atoms with Crippen LogP contribution < -0.4 is 4.74 Å². The first-order valence-electron chi connectivity index (χ1n) is 9.30. The first-order chi connectivity index (χ1) is 12.5. The Kier molecular flexibility index (Phi) is 5.81. The van der Waals surface area contributed by atoms with Gasteiger partial charge in [-0.3, -0.25) is 9.59 Å². The molecule has 2 saturated heterocycles. The van der Waals surface area contributed by atoms with Crippen LogP contribution >= 0.6 is 0 Å². The van der Waals surface area contributed by atoms with Crippen molar-refractivity contribution in [2.45, 2.75) is 32.6 Å². The van der Waals surface area contributed by atoms with Crippen molar-refractivity contribution in [1.82, 2.24) is 4.90 Å². The van der Waals surface area contributed by atoms with Gasteiger partial charge in [-0.2, -0.15) is 0 Å². The molecule has 2 aliphatic heterocycles. The molecule has 1 N–H and O–H groups in total. The number of likely N-dealkylation sites (tertiary alicyclic amines) is 1. The number of hydrogen-bond acceptors (Lipinski definition) is 4. The second-order valence-electron chi connectivity index (χ2n) is 7.38. The summed E-state index contributed by atoms with van der Waals surface area (Å²) >= 11 is 0. The SMILES string of the molecule is Cc1cccc(OCCCCC(=O)N2C[C@H]3COCC[C@@]3(C(=O)O)C2)c1. The van der Waals surface area contributed by atoms with E-state index in [4.69, 9.17) is 9.47 Å². The number of rotatable bonds is 7. The van der Waals surface area contributed by atoms with Crippen molar-refractivity contribution in [2.24, 2.45) is 11.3 Å². The summed E-state index contributed by atoms with van der Waals surface area (Å²) in [7, 11) is 0. The molecular formula is C20H27NO5. The molecule has 1 aromatic rings. The number of amides is 1. The lowest BCUT2D eigenvalue weighted by atomic mass is 9.74. The molecule has 0 saturated carbocycles. The zero-order valence-corrected chi connectivity index (χ0v) is 15.3. The number of carbonyl (C=O) groups is 2. The van der Waals surface area contributed by atoms with Crippen molar-refractivity contribution in [1.29, 1.82) is 0 Å².